The van der Waals surface area contributed by atoms with Crippen LogP contribution in [0, 0.1) is 5.82 Å². The molecule has 20 heavy (non-hydrogen) atoms. The van der Waals surface area contributed by atoms with Crippen molar-refractivity contribution >= 4 is 11.7 Å². The van der Waals surface area contributed by atoms with Crippen LogP contribution >= 0.6 is 0 Å². The number of aromatic carboxylic acids is 1. The van der Waals surface area contributed by atoms with E-state index in [0.717, 1.165) is 5.56 Å². The van der Waals surface area contributed by atoms with Gasteiger partial charge in [-0.3, -0.25) is 0 Å². The summed E-state index contributed by atoms with van der Waals surface area (Å²) in [5.74, 6) is -1.22. The summed E-state index contributed by atoms with van der Waals surface area (Å²) in [6.45, 7) is 1.96. The summed E-state index contributed by atoms with van der Waals surface area (Å²) >= 11 is 0. The summed E-state index contributed by atoms with van der Waals surface area (Å²) < 4.78 is 12.8. The Labute approximate surface area is 117 Å². The summed E-state index contributed by atoms with van der Waals surface area (Å²) in [6, 6.07) is 13.1. The van der Waals surface area contributed by atoms with Crippen LogP contribution in [-0.4, -0.2) is 17.1 Å². The van der Waals surface area contributed by atoms with E-state index in [4.69, 9.17) is 5.11 Å². The fourth-order valence-corrected chi connectivity index (χ4v) is 2.09. The number of hydrogen-bond acceptors (Lipinski definition) is 2. The predicted molar refractivity (Wildman–Crippen MR) is 76.6 cm³/mol. The summed E-state index contributed by atoms with van der Waals surface area (Å²) in [4.78, 5) is 11.1. The van der Waals surface area contributed by atoms with Crippen molar-refractivity contribution in [2.75, 3.05) is 5.32 Å². The van der Waals surface area contributed by atoms with Crippen molar-refractivity contribution < 1.29 is 14.3 Å². The third-order valence-corrected chi connectivity index (χ3v) is 3.01. The summed E-state index contributed by atoms with van der Waals surface area (Å²) in [5.41, 5.74) is 1.84. The molecule has 0 aliphatic rings. The predicted octanol–water partition coefficient (Wildman–Crippen LogP) is 3.57. The Kier molecular flexibility index (Phi) is 4.35. The molecule has 2 N–H and O–H groups in total. The zero-order valence-electron chi connectivity index (χ0n) is 11.1. The van der Waals surface area contributed by atoms with Crippen LogP contribution < -0.4 is 5.32 Å². The Hall–Kier alpha value is -2.36. The minimum absolute atomic E-state index is 0.0426. The van der Waals surface area contributed by atoms with Gasteiger partial charge < -0.3 is 10.4 Å². The van der Waals surface area contributed by atoms with Gasteiger partial charge in [0.15, 0.2) is 0 Å². The molecule has 2 aromatic carbocycles. The molecule has 1 atom stereocenters. The molecule has 0 spiro atoms. The van der Waals surface area contributed by atoms with Crippen LogP contribution in [0.3, 0.4) is 0 Å². The van der Waals surface area contributed by atoms with Crippen molar-refractivity contribution in [3.63, 3.8) is 0 Å². The molecule has 0 aliphatic carbocycles. The van der Waals surface area contributed by atoms with Crippen LogP contribution in [0.2, 0.25) is 0 Å². The monoisotopic (exact) mass is 273 g/mol. The fraction of sp³-hybridized carbons (Fsp3) is 0.188. The SMILES string of the molecule is CC(Cc1ccc(F)cc1)Nc1ccccc1C(=O)O. The number of nitrogens with one attached hydrogen (secondary N) is 1. The zero-order chi connectivity index (χ0) is 14.5. The van der Waals surface area contributed by atoms with Crippen molar-refractivity contribution in [3.05, 3.63) is 65.5 Å². The highest BCUT2D eigenvalue weighted by molar-refractivity contribution is 5.94. The molecule has 0 heterocycles. The van der Waals surface area contributed by atoms with Gasteiger partial charge in [-0.1, -0.05) is 24.3 Å². The van der Waals surface area contributed by atoms with Gasteiger partial charge in [0, 0.05) is 11.7 Å². The highest BCUT2D eigenvalue weighted by Gasteiger charge is 2.11. The number of hydrogen-bond donors (Lipinski definition) is 2. The Bertz CT molecular complexity index is 596. The van der Waals surface area contributed by atoms with E-state index in [1.807, 2.05) is 6.92 Å². The van der Waals surface area contributed by atoms with Crippen LogP contribution in [0.5, 0.6) is 0 Å². The molecule has 0 bridgehead atoms. The van der Waals surface area contributed by atoms with E-state index in [1.54, 1.807) is 36.4 Å². The van der Waals surface area contributed by atoms with Crippen LogP contribution in [0.25, 0.3) is 0 Å². The first-order valence-electron chi connectivity index (χ1n) is 6.39. The van der Waals surface area contributed by atoms with E-state index in [-0.39, 0.29) is 17.4 Å². The first-order chi connectivity index (χ1) is 9.56. The topological polar surface area (TPSA) is 49.3 Å². The molecular weight excluding hydrogens is 257 g/mol. The van der Waals surface area contributed by atoms with Gasteiger partial charge in [0.05, 0.1) is 5.56 Å². The van der Waals surface area contributed by atoms with Gasteiger partial charge >= 0.3 is 5.97 Å². The van der Waals surface area contributed by atoms with Crippen molar-refractivity contribution in [1.29, 1.82) is 0 Å². The van der Waals surface area contributed by atoms with Gasteiger partial charge in [0.2, 0.25) is 0 Å². The number of halogens is 1. The Morgan fingerprint density at radius 2 is 1.85 bits per heavy atom. The molecule has 0 saturated carbocycles. The van der Waals surface area contributed by atoms with Gasteiger partial charge in [0.25, 0.3) is 0 Å². The number of benzene rings is 2. The van der Waals surface area contributed by atoms with Crippen LogP contribution in [0.15, 0.2) is 48.5 Å². The maximum Gasteiger partial charge on any atom is 0.337 e. The molecule has 2 aromatic rings. The molecule has 3 nitrogen and oxygen atoms in total. The number of para-hydroxylation sites is 1. The minimum Gasteiger partial charge on any atom is -0.478 e. The highest BCUT2D eigenvalue weighted by Crippen LogP contribution is 2.17. The number of carboxylic acid groups (broad SMARTS) is 1. The Balaban J connectivity index is 2.06. The third-order valence-electron chi connectivity index (χ3n) is 3.01. The van der Waals surface area contributed by atoms with Crippen LogP contribution in [0.1, 0.15) is 22.8 Å². The van der Waals surface area contributed by atoms with Gasteiger partial charge in [0.1, 0.15) is 5.82 Å². The van der Waals surface area contributed by atoms with E-state index in [0.29, 0.717) is 12.1 Å². The quantitative estimate of drug-likeness (QED) is 0.875. The molecule has 2 rings (SSSR count). The van der Waals surface area contributed by atoms with E-state index in [2.05, 4.69) is 5.32 Å². The Morgan fingerprint density at radius 1 is 1.20 bits per heavy atom. The Morgan fingerprint density at radius 3 is 2.50 bits per heavy atom. The largest absolute Gasteiger partial charge is 0.478 e. The van der Waals surface area contributed by atoms with E-state index >= 15 is 0 Å². The third kappa shape index (κ3) is 3.57. The smallest absolute Gasteiger partial charge is 0.337 e. The molecule has 0 amide bonds. The van der Waals surface area contributed by atoms with Gasteiger partial charge in [-0.05, 0) is 43.2 Å². The van der Waals surface area contributed by atoms with Gasteiger partial charge in [-0.2, -0.15) is 0 Å². The molecule has 0 saturated heterocycles. The maximum atomic E-state index is 12.8. The number of rotatable bonds is 5. The summed E-state index contributed by atoms with van der Waals surface area (Å²) in [7, 11) is 0. The van der Waals surface area contributed by atoms with Crippen molar-refractivity contribution in [2.45, 2.75) is 19.4 Å². The van der Waals surface area contributed by atoms with E-state index in [1.165, 1.54) is 12.1 Å². The highest BCUT2D eigenvalue weighted by atomic mass is 19.1. The van der Waals surface area contributed by atoms with Crippen molar-refractivity contribution in [2.24, 2.45) is 0 Å². The summed E-state index contributed by atoms with van der Waals surface area (Å²) in [5, 5.41) is 12.3. The van der Waals surface area contributed by atoms with Crippen molar-refractivity contribution in [1.82, 2.24) is 0 Å². The van der Waals surface area contributed by atoms with E-state index < -0.39 is 5.97 Å². The molecule has 0 aromatic heterocycles. The average Bonchev–Trinajstić information content (AvgIpc) is 2.41. The average molecular weight is 273 g/mol. The van der Waals surface area contributed by atoms with E-state index in [9.17, 15) is 9.18 Å². The van der Waals surface area contributed by atoms with Crippen LogP contribution in [0.4, 0.5) is 10.1 Å². The molecule has 104 valence electrons. The first-order valence-corrected chi connectivity index (χ1v) is 6.39. The van der Waals surface area contributed by atoms with Gasteiger partial charge in [-0.15, -0.1) is 0 Å². The second-order valence-corrected chi connectivity index (χ2v) is 4.73. The molecule has 0 radical (unpaired) electrons. The lowest BCUT2D eigenvalue weighted by Crippen LogP contribution is -2.19. The second kappa shape index (κ2) is 6.19. The molecule has 0 aliphatic heterocycles. The standard InChI is InChI=1S/C16H16FNO2/c1-11(10-12-6-8-13(17)9-7-12)18-15-5-3-2-4-14(15)16(19)20/h2-9,11,18H,10H2,1H3,(H,19,20). The lowest BCUT2D eigenvalue weighted by Gasteiger charge is -2.17. The first kappa shape index (κ1) is 14.1. The molecule has 0 fully saturated rings. The second-order valence-electron chi connectivity index (χ2n) is 4.73. The zero-order valence-corrected chi connectivity index (χ0v) is 11.1. The molecule has 4 heteroatoms. The lowest BCUT2D eigenvalue weighted by atomic mass is 10.1. The number of carbonyl (C=O) groups is 1. The summed E-state index contributed by atoms with van der Waals surface area (Å²) in [6.07, 6.45) is 0.689. The number of carboxylic acids is 1. The van der Waals surface area contributed by atoms with Crippen LogP contribution in [-0.2, 0) is 6.42 Å². The van der Waals surface area contributed by atoms with Gasteiger partial charge in [-0.25, -0.2) is 9.18 Å². The number of anilines is 1. The molecule has 1 unspecified atom stereocenters. The van der Waals surface area contributed by atoms with Crippen molar-refractivity contribution in [3.8, 4) is 0 Å². The molecular formula is C16H16FNO2. The minimum atomic E-state index is -0.956. The normalized spacial score (nSPS) is 11.9. The maximum absolute atomic E-state index is 12.8. The fourth-order valence-electron chi connectivity index (χ4n) is 2.09. The lowest BCUT2D eigenvalue weighted by molar-refractivity contribution is 0.0698.